The minimum absolute atomic E-state index is 0.177. The molecule has 1 heterocycles. The fraction of sp³-hybridized carbons (Fsp3) is 0. The molecule has 0 bridgehead atoms. The van der Waals surface area contributed by atoms with E-state index in [2.05, 4.69) is 0 Å². The highest BCUT2D eigenvalue weighted by Crippen LogP contribution is 2.27. The van der Waals surface area contributed by atoms with Crippen molar-refractivity contribution in [1.29, 1.82) is 0 Å². The third-order valence-corrected chi connectivity index (χ3v) is 4.21. The molecule has 0 unspecified atom stereocenters. The molecule has 0 spiro atoms. The lowest BCUT2D eigenvalue weighted by molar-refractivity contribution is 0.0730. The summed E-state index contributed by atoms with van der Waals surface area (Å²) in [6.07, 6.45) is 0. The van der Waals surface area contributed by atoms with Gasteiger partial charge in [0.25, 0.3) is 0 Å². The molecular weight excluding hydrogens is 340 g/mol. The van der Waals surface area contributed by atoms with E-state index in [1.165, 1.54) is 6.07 Å². The molecule has 0 aliphatic carbocycles. The summed E-state index contributed by atoms with van der Waals surface area (Å²) >= 11 is 5.99. The van der Waals surface area contributed by atoms with Crippen LogP contribution < -0.4 is 10.4 Å². The van der Waals surface area contributed by atoms with Gasteiger partial charge in [-0.05, 0) is 35.0 Å². The maximum absolute atomic E-state index is 12.4. The van der Waals surface area contributed by atoms with E-state index in [1.807, 2.05) is 30.3 Å². The Bertz CT molecular complexity index is 1180. The molecule has 122 valence electrons. The average molecular weight is 351 g/mol. The molecular formula is C20H11ClO4. The van der Waals surface area contributed by atoms with Gasteiger partial charge in [-0.25, -0.2) is 9.59 Å². The fourth-order valence-electron chi connectivity index (χ4n) is 2.70. The van der Waals surface area contributed by atoms with Gasteiger partial charge in [0.15, 0.2) is 0 Å². The van der Waals surface area contributed by atoms with Crippen LogP contribution in [0.5, 0.6) is 5.75 Å². The van der Waals surface area contributed by atoms with Crippen LogP contribution in [0.4, 0.5) is 0 Å². The predicted molar refractivity (Wildman–Crippen MR) is 96.4 cm³/mol. The van der Waals surface area contributed by atoms with Crippen molar-refractivity contribution in [3.05, 3.63) is 87.7 Å². The van der Waals surface area contributed by atoms with E-state index in [1.54, 1.807) is 30.3 Å². The van der Waals surface area contributed by atoms with Crippen molar-refractivity contribution < 1.29 is 13.9 Å². The van der Waals surface area contributed by atoms with E-state index >= 15 is 0 Å². The molecule has 5 heteroatoms. The summed E-state index contributed by atoms with van der Waals surface area (Å²) < 4.78 is 10.5. The van der Waals surface area contributed by atoms with E-state index in [4.69, 9.17) is 20.8 Å². The van der Waals surface area contributed by atoms with Crippen molar-refractivity contribution in [2.75, 3.05) is 0 Å². The van der Waals surface area contributed by atoms with Crippen molar-refractivity contribution in [1.82, 2.24) is 0 Å². The van der Waals surface area contributed by atoms with Crippen LogP contribution in [0, 0.1) is 0 Å². The number of carbonyl (C=O) groups excluding carboxylic acids is 1. The molecule has 0 fully saturated rings. The Balaban J connectivity index is 1.85. The number of hydrogen-bond acceptors (Lipinski definition) is 4. The smallest absolute Gasteiger partial charge is 0.351 e. The van der Waals surface area contributed by atoms with Crippen molar-refractivity contribution in [2.24, 2.45) is 0 Å². The first kappa shape index (κ1) is 15.4. The summed E-state index contributed by atoms with van der Waals surface area (Å²) in [5.74, 6) is -0.622. The topological polar surface area (TPSA) is 56.5 Å². The quantitative estimate of drug-likeness (QED) is 0.225. The summed E-state index contributed by atoms with van der Waals surface area (Å²) in [6, 6.07) is 19.3. The molecule has 4 aromatic rings. The van der Waals surface area contributed by atoms with Crippen LogP contribution in [0.15, 0.2) is 75.9 Å². The van der Waals surface area contributed by atoms with Crippen molar-refractivity contribution in [3.63, 3.8) is 0 Å². The van der Waals surface area contributed by atoms with Crippen LogP contribution in [-0.2, 0) is 0 Å². The molecule has 4 nitrogen and oxygen atoms in total. The summed E-state index contributed by atoms with van der Waals surface area (Å²) in [4.78, 5) is 24.6. The van der Waals surface area contributed by atoms with Crippen molar-refractivity contribution in [2.45, 2.75) is 0 Å². The zero-order valence-electron chi connectivity index (χ0n) is 12.9. The summed E-state index contributed by atoms with van der Waals surface area (Å²) in [5, 5.41) is 2.82. The molecule has 4 rings (SSSR count). The van der Waals surface area contributed by atoms with Gasteiger partial charge in [-0.3, -0.25) is 0 Å². The molecule has 0 saturated heterocycles. The Hall–Kier alpha value is -3.11. The van der Waals surface area contributed by atoms with Crippen LogP contribution in [0.2, 0.25) is 5.02 Å². The van der Waals surface area contributed by atoms with Gasteiger partial charge in [-0.1, -0.05) is 54.1 Å². The molecule has 1 aromatic heterocycles. The first-order chi connectivity index (χ1) is 12.1. The number of carbonyl (C=O) groups is 1. The first-order valence-electron chi connectivity index (χ1n) is 7.56. The summed E-state index contributed by atoms with van der Waals surface area (Å²) in [5.41, 5.74) is -0.512. The van der Waals surface area contributed by atoms with Gasteiger partial charge in [-0.15, -0.1) is 0 Å². The second kappa shape index (κ2) is 6.07. The molecule has 0 amide bonds. The zero-order chi connectivity index (χ0) is 17.4. The molecule has 0 aliphatic heterocycles. The Morgan fingerprint density at radius 1 is 0.920 bits per heavy atom. The lowest BCUT2D eigenvalue weighted by Gasteiger charge is -2.07. The molecule has 0 saturated carbocycles. The van der Waals surface area contributed by atoms with Crippen LogP contribution in [0.25, 0.3) is 21.7 Å². The highest BCUT2D eigenvalue weighted by atomic mass is 35.5. The summed E-state index contributed by atoms with van der Waals surface area (Å²) in [7, 11) is 0. The van der Waals surface area contributed by atoms with E-state index in [9.17, 15) is 9.59 Å². The van der Waals surface area contributed by atoms with Gasteiger partial charge < -0.3 is 9.15 Å². The zero-order valence-corrected chi connectivity index (χ0v) is 13.6. The van der Waals surface area contributed by atoms with Crippen LogP contribution in [-0.4, -0.2) is 5.97 Å². The highest BCUT2D eigenvalue weighted by molar-refractivity contribution is 6.32. The van der Waals surface area contributed by atoms with E-state index in [0.717, 1.165) is 10.8 Å². The number of para-hydroxylation sites is 1. The maximum Gasteiger partial charge on any atom is 0.351 e. The SMILES string of the molecule is O=C(Oc1ccccc1Cl)c1cc2c(ccc3ccccc32)oc1=O. The second-order valence-electron chi connectivity index (χ2n) is 5.47. The normalized spacial score (nSPS) is 10.9. The number of ether oxygens (including phenoxy) is 1. The van der Waals surface area contributed by atoms with Crippen LogP contribution in [0.3, 0.4) is 0 Å². The third kappa shape index (κ3) is 2.77. The first-order valence-corrected chi connectivity index (χ1v) is 7.93. The standard InChI is InChI=1S/C20H11ClO4/c21-16-7-3-4-8-18(16)25-20(23)15-11-14-13-6-2-1-5-12(13)9-10-17(14)24-19(15)22/h1-11H. The predicted octanol–water partition coefficient (Wildman–Crippen LogP) is 4.82. The van der Waals surface area contributed by atoms with E-state index in [-0.39, 0.29) is 16.3 Å². The van der Waals surface area contributed by atoms with E-state index in [0.29, 0.717) is 11.0 Å². The Kier molecular flexibility index (Phi) is 3.75. The van der Waals surface area contributed by atoms with Gasteiger partial charge in [0.2, 0.25) is 0 Å². The van der Waals surface area contributed by atoms with Gasteiger partial charge >= 0.3 is 11.6 Å². The number of halogens is 1. The second-order valence-corrected chi connectivity index (χ2v) is 5.87. The van der Waals surface area contributed by atoms with Gasteiger partial charge in [-0.2, -0.15) is 0 Å². The lowest BCUT2D eigenvalue weighted by Crippen LogP contribution is -2.18. The van der Waals surface area contributed by atoms with Gasteiger partial charge in [0, 0.05) is 5.39 Å². The van der Waals surface area contributed by atoms with Crippen LogP contribution >= 0.6 is 11.6 Å². The lowest BCUT2D eigenvalue weighted by atomic mass is 10.0. The number of esters is 1. The number of hydrogen-bond donors (Lipinski definition) is 0. The highest BCUT2D eigenvalue weighted by Gasteiger charge is 2.18. The monoisotopic (exact) mass is 350 g/mol. The molecule has 0 N–H and O–H groups in total. The molecule has 3 aromatic carbocycles. The van der Waals surface area contributed by atoms with E-state index < -0.39 is 11.6 Å². The number of rotatable bonds is 2. The fourth-order valence-corrected chi connectivity index (χ4v) is 2.87. The van der Waals surface area contributed by atoms with Crippen molar-refractivity contribution >= 4 is 39.3 Å². The molecule has 0 aliphatic rings. The summed E-state index contributed by atoms with van der Waals surface area (Å²) in [6.45, 7) is 0. The minimum Gasteiger partial charge on any atom is -0.422 e. The largest absolute Gasteiger partial charge is 0.422 e. The minimum atomic E-state index is -0.809. The maximum atomic E-state index is 12.4. The molecule has 0 radical (unpaired) electrons. The average Bonchev–Trinajstić information content (AvgIpc) is 2.62. The van der Waals surface area contributed by atoms with Crippen LogP contribution in [0.1, 0.15) is 10.4 Å². The van der Waals surface area contributed by atoms with Crippen molar-refractivity contribution in [3.8, 4) is 5.75 Å². The molecule has 0 atom stereocenters. The number of benzene rings is 3. The Labute approximate surface area is 147 Å². The molecule has 25 heavy (non-hydrogen) atoms. The van der Waals surface area contributed by atoms with Gasteiger partial charge in [0.1, 0.15) is 16.9 Å². The number of fused-ring (bicyclic) bond motifs is 3. The third-order valence-electron chi connectivity index (χ3n) is 3.90. The Morgan fingerprint density at radius 2 is 1.68 bits per heavy atom. The van der Waals surface area contributed by atoms with Gasteiger partial charge in [0.05, 0.1) is 5.02 Å². The Morgan fingerprint density at radius 3 is 2.52 bits per heavy atom.